The molecule has 0 saturated heterocycles. The molecule has 1 saturated carbocycles. The van der Waals surface area contributed by atoms with Gasteiger partial charge in [0.15, 0.2) is 5.96 Å². The predicted molar refractivity (Wildman–Crippen MR) is 90.9 cm³/mol. The van der Waals surface area contributed by atoms with Crippen LogP contribution in [-0.2, 0) is 4.74 Å². The van der Waals surface area contributed by atoms with Gasteiger partial charge in [-0.2, -0.15) is 0 Å². The number of aliphatic imine (C=N–C) groups is 1. The quantitative estimate of drug-likeness (QED) is 0.349. The normalized spacial score (nSPS) is 17.4. The highest BCUT2D eigenvalue weighted by molar-refractivity contribution is 5.79. The first-order valence-corrected chi connectivity index (χ1v) is 8.77. The number of unbranched alkanes of at least 4 members (excludes halogenated alkanes) is 3. The molecule has 0 aliphatic heterocycles. The van der Waals surface area contributed by atoms with Crippen LogP contribution in [0.5, 0.6) is 0 Å². The molecular formula is C17H35N3O. The van der Waals surface area contributed by atoms with E-state index >= 15 is 0 Å². The first-order valence-electron chi connectivity index (χ1n) is 8.77. The van der Waals surface area contributed by atoms with Gasteiger partial charge in [0.05, 0.1) is 0 Å². The van der Waals surface area contributed by atoms with Gasteiger partial charge >= 0.3 is 0 Å². The van der Waals surface area contributed by atoms with Crippen molar-refractivity contribution in [2.45, 2.75) is 65.2 Å². The van der Waals surface area contributed by atoms with E-state index in [4.69, 9.17) is 9.73 Å². The summed E-state index contributed by atoms with van der Waals surface area (Å²) in [5.41, 5.74) is 0.403. The summed E-state index contributed by atoms with van der Waals surface area (Å²) in [6.45, 7) is 8.11. The van der Waals surface area contributed by atoms with Crippen molar-refractivity contribution in [3.63, 3.8) is 0 Å². The molecule has 0 aromatic carbocycles. The summed E-state index contributed by atoms with van der Waals surface area (Å²) in [5.74, 6) is 0.984. The van der Waals surface area contributed by atoms with E-state index in [1.54, 1.807) is 7.11 Å². The van der Waals surface area contributed by atoms with E-state index in [1.807, 2.05) is 0 Å². The second kappa shape index (κ2) is 10.9. The van der Waals surface area contributed by atoms with Crippen molar-refractivity contribution in [2.24, 2.45) is 10.4 Å². The summed E-state index contributed by atoms with van der Waals surface area (Å²) in [4.78, 5) is 4.82. The summed E-state index contributed by atoms with van der Waals surface area (Å²) in [5, 5.41) is 6.82. The standard InChI is InChI=1S/C17H35N3O/c1-4-6-7-8-13-19-16(18-5-2)20-15-17(10-9-11-17)12-14-21-3/h4-15H2,1-3H3,(H2,18,19,20). The van der Waals surface area contributed by atoms with Crippen LogP contribution in [-0.4, -0.2) is 39.3 Å². The van der Waals surface area contributed by atoms with Gasteiger partial charge in [0.2, 0.25) is 0 Å². The Bertz CT molecular complexity index is 288. The molecule has 1 aliphatic rings. The van der Waals surface area contributed by atoms with E-state index in [2.05, 4.69) is 24.5 Å². The summed E-state index contributed by atoms with van der Waals surface area (Å²) in [6, 6.07) is 0. The van der Waals surface area contributed by atoms with Crippen molar-refractivity contribution in [3.8, 4) is 0 Å². The fraction of sp³-hybridized carbons (Fsp3) is 0.941. The monoisotopic (exact) mass is 297 g/mol. The van der Waals surface area contributed by atoms with Crippen LogP contribution in [0.1, 0.15) is 65.2 Å². The number of guanidine groups is 1. The number of hydrogen-bond acceptors (Lipinski definition) is 2. The molecule has 1 fully saturated rings. The van der Waals surface area contributed by atoms with E-state index in [0.29, 0.717) is 5.41 Å². The largest absolute Gasteiger partial charge is 0.385 e. The maximum atomic E-state index is 5.25. The molecule has 0 amide bonds. The van der Waals surface area contributed by atoms with Crippen LogP contribution >= 0.6 is 0 Å². The molecule has 2 N–H and O–H groups in total. The number of hydrogen-bond donors (Lipinski definition) is 2. The van der Waals surface area contributed by atoms with Crippen molar-refractivity contribution in [1.82, 2.24) is 10.6 Å². The van der Waals surface area contributed by atoms with E-state index in [1.165, 1.54) is 44.9 Å². The molecule has 0 aromatic rings. The Morgan fingerprint density at radius 2 is 1.95 bits per heavy atom. The van der Waals surface area contributed by atoms with Crippen molar-refractivity contribution in [2.75, 3.05) is 33.4 Å². The lowest BCUT2D eigenvalue weighted by molar-refractivity contribution is 0.0778. The summed E-state index contributed by atoms with van der Waals surface area (Å²) < 4.78 is 5.25. The number of nitrogens with one attached hydrogen (secondary N) is 2. The van der Waals surface area contributed by atoms with Crippen molar-refractivity contribution in [1.29, 1.82) is 0 Å². The first-order chi connectivity index (χ1) is 10.3. The average Bonchev–Trinajstić information content (AvgIpc) is 2.45. The average molecular weight is 297 g/mol. The van der Waals surface area contributed by atoms with Crippen LogP contribution in [0.4, 0.5) is 0 Å². The molecular weight excluding hydrogens is 262 g/mol. The lowest BCUT2D eigenvalue weighted by Gasteiger charge is -2.40. The van der Waals surface area contributed by atoms with Gasteiger partial charge in [0, 0.05) is 33.4 Å². The van der Waals surface area contributed by atoms with Crippen molar-refractivity contribution >= 4 is 5.96 Å². The molecule has 4 nitrogen and oxygen atoms in total. The number of rotatable bonds is 11. The molecule has 0 bridgehead atoms. The van der Waals surface area contributed by atoms with Crippen LogP contribution in [0, 0.1) is 5.41 Å². The van der Waals surface area contributed by atoms with Crippen LogP contribution < -0.4 is 10.6 Å². The van der Waals surface area contributed by atoms with Gasteiger partial charge in [0.25, 0.3) is 0 Å². The fourth-order valence-electron chi connectivity index (χ4n) is 2.83. The molecule has 0 radical (unpaired) electrons. The van der Waals surface area contributed by atoms with Crippen molar-refractivity contribution < 1.29 is 4.74 Å². The second-order valence-corrected chi connectivity index (χ2v) is 6.28. The summed E-state index contributed by atoms with van der Waals surface area (Å²) >= 11 is 0. The smallest absolute Gasteiger partial charge is 0.191 e. The third-order valence-electron chi connectivity index (χ3n) is 4.49. The minimum Gasteiger partial charge on any atom is -0.385 e. The summed E-state index contributed by atoms with van der Waals surface area (Å²) in [7, 11) is 1.79. The minimum atomic E-state index is 0.403. The van der Waals surface area contributed by atoms with Gasteiger partial charge < -0.3 is 15.4 Å². The number of methoxy groups -OCH3 is 1. The third kappa shape index (κ3) is 7.16. The van der Waals surface area contributed by atoms with E-state index in [0.717, 1.165) is 38.6 Å². The highest BCUT2D eigenvalue weighted by Gasteiger charge is 2.36. The highest BCUT2D eigenvalue weighted by Crippen LogP contribution is 2.44. The predicted octanol–water partition coefficient (Wildman–Crippen LogP) is 3.33. The summed E-state index contributed by atoms with van der Waals surface area (Å²) in [6.07, 6.45) is 10.2. The van der Waals surface area contributed by atoms with Crippen LogP contribution in [0.25, 0.3) is 0 Å². The Labute approximate surface area is 131 Å². The van der Waals surface area contributed by atoms with E-state index in [9.17, 15) is 0 Å². The maximum Gasteiger partial charge on any atom is 0.191 e. The highest BCUT2D eigenvalue weighted by atomic mass is 16.5. The number of nitrogens with zero attached hydrogens (tertiary/aromatic N) is 1. The molecule has 0 unspecified atom stereocenters. The lowest BCUT2D eigenvalue weighted by atomic mass is 9.67. The molecule has 1 rings (SSSR count). The molecule has 0 atom stereocenters. The Morgan fingerprint density at radius 3 is 2.52 bits per heavy atom. The van der Waals surface area contributed by atoms with Crippen LogP contribution in [0.3, 0.4) is 0 Å². The zero-order valence-corrected chi connectivity index (χ0v) is 14.3. The third-order valence-corrected chi connectivity index (χ3v) is 4.49. The molecule has 4 heteroatoms. The Hall–Kier alpha value is -0.770. The van der Waals surface area contributed by atoms with Gasteiger partial charge in [0.1, 0.15) is 0 Å². The van der Waals surface area contributed by atoms with Crippen LogP contribution in [0.2, 0.25) is 0 Å². The van der Waals surface area contributed by atoms with Gasteiger partial charge in [-0.3, -0.25) is 4.99 Å². The molecule has 0 aromatic heterocycles. The first kappa shape index (κ1) is 18.3. The van der Waals surface area contributed by atoms with Gasteiger partial charge in [-0.15, -0.1) is 0 Å². The van der Waals surface area contributed by atoms with Gasteiger partial charge in [-0.1, -0.05) is 32.6 Å². The fourth-order valence-corrected chi connectivity index (χ4v) is 2.83. The molecule has 0 heterocycles. The SMILES string of the molecule is CCCCCCNC(=NCC1(CCOC)CCC1)NCC. The Morgan fingerprint density at radius 1 is 1.14 bits per heavy atom. The number of ether oxygens (including phenoxy) is 1. The molecule has 0 spiro atoms. The Kier molecular flexibility index (Phi) is 9.48. The van der Waals surface area contributed by atoms with Crippen LogP contribution in [0.15, 0.2) is 4.99 Å². The molecule has 1 aliphatic carbocycles. The lowest BCUT2D eigenvalue weighted by Crippen LogP contribution is -2.40. The van der Waals surface area contributed by atoms with E-state index < -0.39 is 0 Å². The van der Waals surface area contributed by atoms with Gasteiger partial charge in [-0.25, -0.2) is 0 Å². The minimum absolute atomic E-state index is 0.403. The topological polar surface area (TPSA) is 45.7 Å². The molecule has 21 heavy (non-hydrogen) atoms. The maximum absolute atomic E-state index is 5.25. The Balaban J connectivity index is 2.35. The van der Waals surface area contributed by atoms with Gasteiger partial charge in [-0.05, 0) is 38.0 Å². The van der Waals surface area contributed by atoms with Crippen molar-refractivity contribution in [3.05, 3.63) is 0 Å². The second-order valence-electron chi connectivity index (χ2n) is 6.28. The zero-order chi connectivity index (χ0) is 15.4. The van der Waals surface area contributed by atoms with E-state index in [-0.39, 0.29) is 0 Å². The molecule has 124 valence electrons. The zero-order valence-electron chi connectivity index (χ0n) is 14.3.